The predicted octanol–water partition coefficient (Wildman–Crippen LogP) is 3.78. The first kappa shape index (κ1) is 16.9. The second-order valence-electron chi connectivity index (χ2n) is 5.68. The van der Waals surface area contributed by atoms with Gasteiger partial charge >= 0.3 is 6.09 Å². The summed E-state index contributed by atoms with van der Waals surface area (Å²) < 4.78 is 6.23. The third kappa shape index (κ3) is 6.36. The third-order valence-corrected chi connectivity index (χ3v) is 3.14. The van der Waals surface area contributed by atoms with Gasteiger partial charge in [0.1, 0.15) is 5.60 Å². The molecule has 110 valence electrons. The van der Waals surface area contributed by atoms with Crippen LogP contribution in [0, 0.1) is 3.57 Å². The van der Waals surface area contributed by atoms with Crippen molar-refractivity contribution < 1.29 is 14.3 Å². The number of halogens is 1. The highest BCUT2D eigenvalue weighted by Gasteiger charge is 2.19. The molecule has 0 heterocycles. The summed E-state index contributed by atoms with van der Waals surface area (Å²) in [6.07, 6.45) is -0.250. The molecule has 1 N–H and O–H groups in total. The highest BCUT2D eigenvalue weighted by Crippen LogP contribution is 2.11. The van der Waals surface area contributed by atoms with E-state index in [9.17, 15) is 9.59 Å². The molecule has 0 aliphatic rings. The largest absolute Gasteiger partial charge is 0.444 e. The first-order valence-corrected chi connectivity index (χ1v) is 7.53. The maximum absolute atomic E-state index is 12.0. The third-order valence-electron chi connectivity index (χ3n) is 2.42. The van der Waals surface area contributed by atoms with Crippen LogP contribution in [-0.4, -0.2) is 23.5 Å². The number of Topliss-reactive ketones (excluding diaryl/α,β-unsaturated/α-hetero) is 1. The van der Waals surface area contributed by atoms with E-state index in [0.29, 0.717) is 5.56 Å². The van der Waals surface area contributed by atoms with Crippen molar-refractivity contribution in [2.75, 3.05) is 0 Å². The second-order valence-corrected chi connectivity index (χ2v) is 6.93. The number of ketones is 1. The Balaban J connectivity index is 2.50. The number of alkyl carbamates (subject to hydrolysis) is 1. The molecule has 1 amide bonds. The second kappa shape index (κ2) is 7.06. The van der Waals surface area contributed by atoms with Crippen molar-refractivity contribution in [2.45, 2.75) is 45.8 Å². The van der Waals surface area contributed by atoms with Crippen LogP contribution >= 0.6 is 22.6 Å². The molecule has 20 heavy (non-hydrogen) atoms. The molecular weight excluding hydrogens is 369 g/mol. The van der Waals surface area contributed by atoms with Gasteiger partial charge in [-0.1, -0.05) is 12.1 Å². The molecule has 1 rings (SSSR count). The van der Waals surface area contributed by atoms with Crippen molar-refractivity contribution >= 4 is 34.5 Å². The molecule has 1 unspecified atom stereocenters. The molecule has 0 aliphatic heterocycles. The first-order chi connectivity index (χ1) is 9.17. The number of nitrogens with one attached hydrogen (secondary N) is 1. The highest BCUT2D eigenvalue weighted by atomic mass is 127. The monoisotopic (exact) mass is 389 g/mol. The lowest BCUT2D eigenvalue weighted by molar-refractivity contribution is 0.0506. The maximum atomic E-state index is 12.0. The Kier molecular flexibility index (Phi) is 5.98. The smallest absolute Gasteiger partial charge is 0.407 e. The van der Waals surface area contributed by atoms with E-state index >= 15 is 0 Å². The molecule has 0 aliphatic carbocycles. The molecule has 5 heteroatoms. The van der Waals surface area contributed by atoms with Crippen LogP contribution in [0.4, 0.5) is 4.79 Å². The lowest BCUT2D eigenvalue weighted by Crippen LogP contribution is -2.38. The van der Waals surface area contributed by atoms with Gasteiger partial charge in [-0.05, 0) is 62.4 Å². The normalized spacial score (nSPS) is 12.7. The van der Waals surface area contributed by atoms with E-state index in [1.54, 1.807) is 39.8 Å². The fourth-order valence-corrected chi connectivity index (χ4v) is 1.95. The topological polar surface area (TPSA) is 55.4 Å². The zero-order chi connectivity index (χ0) is 15.3. The summed E-state index contributed by atoms with van der Waals surface area (Å²) in [6, 6.07) is 7.10. The fraction of sp³-hybridized carbons (Fsp3) is 0.467. The van der Waals surface area contributed by atoms with Crippen LogP contribution in [0.15, 0.2) is 24.3 Å². The number of hydrogen-bond acceptors (Lipinski definition) is 3. The van der Waals surface area contributed by atoms with Crippen LogP contribution in [0.5, 0.6) is 0 Å². The van der Waals surface area contributed by atoms with E-state index in [-0.39, 0.29) is 18.2 Å². The Morgan fingerprint density at radius 1 is 1.25 bits per heavy atom. The lowest BCUT2D eigenvalue weighted by Gasteiger charge is -2.21. The molecule has 0 aromatic heterocycles. The molecule has 0 radical (unpaired) electrons. The molecule has 1 aromatic rings. The minimum absolute atomic E-state index is 0.00459. The molecule has 0 spiro atoms. The SMILES string of the molecule is CC(CC(=O)c1ccc(I)cc1)NC(=O)OC(C)(C)C. The zero-order valence-electron chi connectivity index (χ0n) is 12.2. The van der Waals surface area contributed by atoms with Gasteiger partial charge in [0.2, 0.25) is 0 Å². The lowest BCUT2D eigenvalue weighted by atomic mass is 10.1. The Hall–Kier alpha value is -1.11. The summed E-state index contributed by atoms with van der Waals surface area (Å²) >= 11 is 2.19. The van der Waals surface area contributed by atoms with Crippen molar-refractivity contribution in [3.05, 3.63) is 33.4 Å². The Bertz CT molecular complexity index is 477. The van der Waals surface area contributed by atoms with E-state index in [0.717, 1.165) is 3.57 Å². The van der Waals surface area contributed by atoms with Crippen molar-refractivity contribution in [1.82, 2.24) is 5.32 Å². The van der Waals surface area contributed by atoms with Gasteiger partial charge in [0.15, 0.2) is 5.78 Å². The summed E-state index contributed by atoms with van der Waals surface area (Å²) in [6.45, 7) is 7.18. The summed E-state index contributed by atoms with van der Waals surface area (Å²) in [5, 5.41) is 2.66. The average Bonchev–Trinajstić information content (AvgIpc) is 2.26. The minimum Gasteiger partial charge on any atom is -0.444 e. The summed E-state index contributed by atoms with van der Waals surface area (Å²) in [5.41, 5.74) is 0.118. The number of rotatable bonds is 4. The van der Waals surface area contributed by atoms with E-state index in [4.69, 9.17) is 4.74 Å². The van der Waals surface area contributed by atoms with Gasteiger partial charge in [0.25, 0.3) is 0 Å². The van der Waals surface area contributed by atoms with Crippen LogP contribution in [0.2, 0.25) is 0 Å². The standard InChI is InChI=1S/C15H20INO3/c1-10(17-14(19)20-15(2,3)4)9-13(18)11-5-7-12(16)8-6-11/h5-8,10H,9H2,1-4H3,(H,17,19). The van der Waals surface area contributed by atoms with Gasteiger partial charge in [-0.2, -0.15) is 0 Å². The molecule has 0 fully saturated rings. The molecule has 0 saturated carbocycles. The van der Waals surface area contributed by atoms with E-state index in [2.05, 4.69) is 27.9 Å². The van der Waals surface area contributed by atoms with E-state index < -0.39 is 11.7 Å². The summed E-state index contributed by atoms with van der Waals surface area (Å²) in [7, 11) is 0. The number of benzene rings is 1. The van der Waals surface area contributed by atoms with Gasteiger partial charge in [-0.3, -0.25) is 4.79 Å². The van der Waals surface area contributed by atoms with Crippen molar-refractivity contribution in [3.8, 4) is 0 Å². The van der Waals surface area contributed by atoms with Crippen LogP contribution in [0.3, 0.4) is 0 Å². The van der Waals surface area contributed by atoms with Gasteiger partial charge in [-0.25, -0.2) is 4.79 Å². The summed E-state index contributed by atoms with van der Waals surface area (Å²) in [4.78, 5) is 23.6. The van der Waals surface area contributed by atoms with Gasteiger partial charge in [0.05, 0.1) is 0 Å². The van der Waals surface area contributed by atoms with Gasteiger partial charge in [-0.15, -0.1) is 0 Å². The van der Waals surface area contributed by atoms with Crippen LogP contribution in [0.1, 0.15) is 44.5 Å². The van der Waals surface area contributed by atoms with E-state index in [1.165, 1.54) is 0 Å². The maximum Gasteiger partial charge on any atom is 0.407 e. The molecule has 1 aromatic carbocycles. The molecular formula is C15H20INO3. The van der Waals surface area contributed by atoms with E-state index in [1.807, 2.05) is 12.1 Å². The number of ether oxygens (including phenoxy) is 1. The number of amides is 1. The molecule has 0 saturated heterocycles. The minimum atomic E-state index is -0.538. The quantitative estimate of drug-likeness (QED) is 0.630. The number of carbonyl (C=O) groups excluding carboxylic acids is 2. The number of carbonyl (C=O) groups is 2. The molecule has 0 bridgehead atoms. The van der Waals surface area contributed by atoms with Crippen LogP contribution < -0.4 is 5.32 Å². The zero-order valence-corrected chi connectivity index (χ0v) is 14.4. The van der Waals surface area contributed by atoms with Gasteiger partial charge in [0, 0.05) is 21.6 Å². The predicted molar refractivity (Wildman–Crippen MR) is 86.9 cm³/mol. The fourth-order valence-electron chi connectivity index (χ4n) is 1.59. The van der Waals surface area contributed by atoms with Crippen molar-refractivity contribution in [3.63, 3.8) is 0 Å². The Morgan fingerprint density at radius 3 is 2.30 bits per heavy atom. The average molecular weight is 389 g/mol. The molecule has 4 nitrogen and oxygen atoms in total. The highest BCUT2D eigenvalue weighted by molar-refractivity contribution is 14.1. The van der Waals surface area contributed by atoms with Crippen LogP contribution in [-0.2, 0) is 4.74 Å². The Morgan fingerprint density at radius 2 is 1.80 bits per heavy atom. The first-order valence-electron chi connectivity index (χ1n) is 6.45. The van der Waals surface area contributed by atoms with Crippen molar-refractivity contribution in [2.24, 2.45) is 0 Å². The van der Waals surface area contributed by atoms with Gasteiger partial charge < -0.3 is 10.1 Å². The van der Waals surface area contributed by atoms with Crippen LogP contribution in [0.25, 0.3) is 0 Å². The number of hydrogen-bond donors (Lipinski definition) is 1. The van der Waals surface area contributed by atoms with Crippen molar-refractivity contribution in [1.29, 1.82) is 0 Å². The Labute approximate surface area is 133 Å². The summed E-state index contributed by atoms with van der Waals surface area (Å²) in [5.74, 6) is 0.00459. The molecule has 1 atom stereocenters.